The average Bonchev–Trinajstić information content (AvgIpc) is 3.06. The molecule has 1 N–H and O–H groups in total. The highest BCUT2D eigenvalue weighted by Crippen LogP contribution is 2.56. The number of halogens is 2. The molecule has 0 aromatic heterocycles. The number of nitrogens with zero attached hydrogens (tertiary/aromatic N) is 1. The van der Waals surface area contributed by atoms with Gasteiger partial charge in [0.05, 0.1) is 12.0 Å². The molecule has 0 radical (unpaired) electrons. The van der Waals surface area contributed by atoms with Crippen molar-refractivity contribution in [2.45, 2.75) is 35.8 Å². The molecule has 2 aliphatic heterocycles. The lowest BCUT2D eigenvalue weighted by molar-refractivity contribution is -0.144. The fourth-order valence-corrected chi connectivity index (χ4v) is 6.88. The Labute approximate surface area is 189 Å². The van der Waals surface area contributed by atoms with Gasteiger partial charge in [-0.15, -0.1) is 0 Å². The predicted octanol–water partition coefficient (Wildman–Crippen LogP) is 4.68. The van der Waals surface area contributed by atoms with E-state index in [4.69, 9.17) is 11.6 Å². The number of piperidine rings is 1. The van der Waals surface area contributed by atoms with E-state index < -0.39 is 0 Å². The summed E-state index contributed by atoms with van der Waals surface area (Å²) in [6.45, 7) is 2.08. The lowest BCUT2D eigenvalue weighted by Crippen LogP contribution is -2.56. The van der Waals surface area contributed by atoms with E-state index in [9.17, 15) is 9.59 Å². The molecule has 3 fully saturated rings. The Bertz CT molecular complexity index is 962. The van der Waals surface area contributed by atoms with Crippen molar-refractivity contribution in [1.29, 1.82) is 0 Å². The second kappa shape index (κ2) is 7.27. The minimum Gasteiger partial charge on any atom is -0.359 e. The molecule has 2 amide bonds. The zero-order valence-electron chi connectivity index (χ0n) is 16.0. The first-order chi connectivity index (χ1) is 14.0. The monoisotopic (exact) mass is 520 g/mol. The van der Waals surface area contributed by atoms with E-state index in [0.717, 1.165) is 24.1 Å². The van der Waals surface area contributed by atoms with E-state index in [1.807, 2.05) is 24.3 Å². The Kier molecular flexibility index (Phi) is 4.86. The molecule has 6 atom stereocenters. The number of nitrogens with one attached hydrogen (secondary N) is 1. The summed E-state index contributed by atoms with van der Waals surface area (Å²) < 4.78 is 0.383. The summed E-state index contributed by atoms with van der Waals surface area (Å²) in [7, 11) is 0. The van der Waals surface area contributed by atoms with E-state index in [-0.39, 0.29) is 41.7 Å². The van der Waals surface area contributed by atoms with Gasteiger partial charge in [0.15, 0.2) is 0 Å². The third-order valence-electron chi connectivity index (χ3n) is 6.79. The summed E-state index contributed by atoms with van der Waals surface area (Å²) in [5.41, 5.74) is 3.38. The second-order valence-corrected chi connectivity index (χ2v) is 10.4. The smallest absolute Gasteiger partial charge is 0.232 e. The molecule has 0 unspecified atom stereocenters. The first-order valence-electron chi connectivity index (χ1n) is 10.0. The van der Waals surface area contributed by atoms with Crippen LogP contribution in [0.4, 0.5) is 5.69 Å². The number of alkyl halides is 1. The van der Waals surface area contributed by atoms with Crippen LogP contribution in [0.5, 0.6) is 0 Å². The highest BCUT2D eigenvalue weighted by molar-refractivity contribution is 14.1. The van der Waals surface area contributed by atoms with Gasteiger partial charge in [0, 0.05) is 32.5 Å². The largest absolute Gasteiger partial charge is 0.359 e. The highest BCUT2D eigenvalue weighted by atomic mass is 127. The predicted molar refractivity (Wildman–Crippen MR) is 122 cm³/mol. The van der Waals surface area contributed by atoms with E-state index in [2.05, 4.69) is 64.0 Å². The number of imide groups is 1. The van der Waals surface area contributed by atoms with Crippen LogP contribution in [-0.4, -0.2) is 21.8 Å². The van der Waals surface area contributed by atoms with Crippen molar-refractivity contribution in [3.63, 3.8) is 0 Å². The van der Waals surface area contributed by atoms with Gasteiger partial charge in [0.1, 0.15) is 0 Å². The van der Waals surface area contributed by atoms with Crippen molar-refractivity contribution in [3.05, 3.63) is 64.7 Å². The fourth-order valence-electron chi connectivity index (χ4n) is 5.57. The molecule has 150 valence electrons. The normalized spacial score (nSPS) is 33.4. The molecule has 1 aliphatic carbocycles. The quantitative estimate of drug-likeness (QED) is 0.355. The fraction of sp³-hybridized carbons (Fsp3) is 0.391. The minimum absolute atomic E-state index is 0.0360. The summed E-state index contributed by atoms with van der Waals surface area (Å²) in [6.07, 6.45) is 1.83. The maximum absolute atomic E-state index is 13.1. The molecular weight excluding hydrogens is 499 g/mol. The van der Waals surface area contributed by atoms with Crippen LogP contribution < -0.4 is 10.2 Å². The average molecular weight is 521 g/mol. The van der Waals surface area contributed by atoms with Crippen LogP contribution >= 0.6 is 34.2 Å². The number of rotatable bonds is 2. The summed E-state index contributed by atoms with van der Waals surface area (Å²) in [5.74, 6) is -0.540. The zero-order valence-corrected chi connectivity index (χ0v) is 18.9. The van der Waals surface area contributed by atoms with Crippen LogP contribution in [-0.2, 0) is 9.59 Å². The van der Waals surface area contributed by atoms with Gasteiger partial charge in [0.2, 0.25) is 11.8 Å². The lowest BCUT2D eigenvalue weighted by atomic mass is 9.68. The second-order valence-electron chi connectivity index (χ2n) is 8.39. The number of carbonyl (C=O) groups excluding carboxylic acids is 2. The molecule has 5 rings (SSSR count). The minimum atomic E-state index is -0.247. The molecule has 2 saturated heterocycles. The Morgan fingerprint density at radius 1 is 1.00 bits per heavy atom. The van der Waals surface area contributed by atoms with Gasteiger partial charge in [-0.05, 0) is 49.6 Å². The number of hydrogen-bond donors (Lipinski definition) is 1. The molecular formula is C23H22ClIN2O2. The topological polar surface area (TPSA) is 49.4 Å². The maximum Gasteiger partial charge on any atom is 0.232 e. The number of amides is 2. The van der Waals surface area contributed by atoms with Gasteiger partial charge in [-0.2, -0.15) is 0 Å². The molecule has 3 aliphatic rings. The van der Waals surface area contributed by atoms with E-state index in [1.165, 1.54) is 5.56 Å². The van der Waals surface area contributed by atoms with Gasteiger partial charge >= 0.3 is 0 Å². The van der Waals surface area contributed by atoms with Crippen molar-refractivity contribution in [1.82, 2.24) is 5.32 Å². The first-order valence-corrected chi connectivity index (χ1v) is 11.7. The lowest BCUT2D eigenvalue weighted by Gasteiger charge is -2.42. The van der Waals surface area contributed by atoms with Crippen molar-refractivity contribution in [2.75, 3.05) is 4.90 Å². The molecule has 29 heavy (non-hydrogen) atoms. The number of aryl methyl sites for hydroxylation is 1. The third-order valence-corrected chi connectivity index (χ3v) is 8.40. The number of carbonyl (C=O) groups is 2. The van der Waals surface area contributed by atoms with E-state index in [0.29, 0.717) is 8.95 Å². The Balaban J connectivity index is 1.70. The summed E-state index contributed by atoms with van der Waals surface area (Å²) in [4.78, 5) is 28.2. The SMILES string of the molecule is Cc1ccc(N2[C@@H]3[C@@H]4[C@@H](C(=O)NC(=O)[C@@H]4CC[C@H]3I)[C@H]2c2ccc(Cl)cc2)cc1. The molecule has 2 heterocycles. The highest BCUT2D eigenvalue weighted by Gasteiger charge is 2.62. The van der Waals surface area contributed by atoms with Crippen LogP contribution in [0.3, 0.4) is 0 Å². The first kappa shape index (κ1) is 19.4. The third kappa shape index (κ3) is 3.08. The maximum atomic E-state index is 13.1. The standard InChI is InChI=1S/C23H22ClIN2O2/c1-12-2-8-15(9-3-12)27-20(13-4-6-14(24)7-5-13)19-18-16(22(28)26-23(19)29)10-11-17(25)21(18)27/h2-9,16-21H,10-11H2,1H3,(H,26,28,29)/t16-,17-,18+,19-,20-,21+/m1/s1. The van der Waals surface area contributed by atoms with Crippen molar-refractivity contribution >= 4 is 51.7 Å². The van der Waals surface area contributed by atoms with Gasteiger partial charge < -0.3 is 4.90 Å². The number of hydrogen-bond acceptors (Lipinski definition) is 3. The molecule has 2 aromatic carbocycles. The Morgan fingerprint density at radius 3 is 2.38 bits per heavy atom. The zero-order chi connectivity index (χ0) is 20.3. The number of anilines is 1. The van der Waals surface area contributed by atoms with E-state index in [1.54, 1.807) is 0 Å². The molecule has 6 heteroatoms. The van der Waals surface area contributed by atoms with Crippen LogP contribution in [0.25, 0.3) is 0 Å². The van der Waals surface area contributed by atoms with Crippen LogP contribution in [0.2, 0.25) is 5.02 Å². The van der Waals surface area contributed by atoms with Crippen molar-refractivity contribution in [2.24, 2.45) is 17.8 Å². The Hall–Kier alpha value is -1.60. The van der Waals surface area contributed by atoms with Crippen molar-refractivity contribution in [3.8, 4) is 0 Å². The summed E-state index contributed by atoms with van der Waals surface area (Å²) in [6, 6.07) is 16.4. The van der Waals surface area contributed by atoms with Gasteiger partial charge in [-0.1, -0.05) is 64.0 Å². The molecule has 0 spiro atoms. The van der Waals surface area contributed by atoms with Gasteiger partial charge in [-0.25, -0.2) is 0 Å². The summed E-state index contributed by atoms with van der Waals surface area (Å²) in [5, 5.41) is 3.36. The van der Waals surface area contributed by atoms with Crippen molar-refractivity contribution < 1.29 is 9.59 Å². The molecule has 0 bridgehead atoms. The van der Waals surface area contributed by atoms with Gasteiger partial charge in [-0.3, -0.25) is 14.9 Å². The number of benzene rings is 2. The summed E-state index contributed by atoms with van der Waals surface area (Å²) >= 11 is 8.67. The molecule has 4 nitrogen and oxygen atoms in total. The molecule has 2 aromatic rings. The van der Waals surface area contributed by atoms with E-state index >= 15 is 0 Å². The Morgan fingerprint density at radius 2 is 1.69 bits per heavy atom. The van der Waals surface area contributed by atoms with Crippen LogP contribution in [0.1, 0.15) is 30.0 Å². The van der Waals surface area contributed by atoms with Crippen LogP contribution in [0.15, 0.2) is 48.5 Å². The molecule has 1 saturated carbocycles. The van der Waals surface area contributed by atoms with Crippen LogP contribution in [0, 0.1) is 24.7 Å². The van der Waals surface area contributed by atoms with Gasteiger partial charge in [0.25, 0.3) is 0 Å².